The van der Waals surface area contributed by atoms with Gasteiger partial charge in [-0.05, 0) is 61.4 Å². The molecule has 3 aromatic rings. The van der Waals surface area contributed by atoms with Crippen LogP contribution in [-0.2, 0) is 10.9 Å². The average molecular weight is 495 g/mol. The lowest BCUT2D eigenvalue weighted by Crippen LogP contribution is -2.34. The van der Waals surface area contributed by atoms with E-state index in [4.69, 9.17) is 9.15 Å². The van der Waals surface area contributed by atoms with Crippen molar-refractivity contribution in [2.45, 2.75) is 25.1 Å². The van der Waals surface area contributed by atoms with Crippen LogP contribution in [0.3, 0.4) is 0 Å². The van der Waals surface area contributed by atoms with Crippen molar-refractivity contribution in [1.29, 1.82) is 0 Å². The van der Waals surface area contributed by atoms with E-state index in [-0.39, 0.29) is 22.9 Å². The van der Waals surface area contributed by atoms with Crippen LogP contribution in [0.2, 0.25) is 0 Å². The van der Waals surface area contributed by atoms with Gasteiger partial charge in [-0.3, -0.25) is 4.79 Å². The van der Waals surface area contributed by atoms with Gasteiger partial charge >= 0.3 is 6.18 Å². The number of benzene rings is 2. The highest BCUT2D eigenvalue weighted by atomic mass is 79.9. The molecule has 9 heteroatoms. The molecule has 162 valence electrons. The molecule has 0 aliphatic carbocycles. The van der Waals surface area contributed by atoms with Crippen LogP contribution in [0.4, 0.5) is 18.9 Å². The number of hydrogen-bond acceptors (Lipinski definition) is 4. The SMILES string of the molecule is O=C(NC[C@H]1CCCO1)c1cc2cc(Br)ccc2oc1=Nc1ccc(C(F)(F)F)cc1. The lowest BCUT2D eigenvalue weighted by atomic mass is 10.1. The van der Waals surface area contributed by atoms with Crippen LogP contribution in [0.5, 0.6) is 0 Å². The zero-order valence-electron chi connectivity index (χ0n) is 16.2. The molecule has 0 unspecified atom stereocenters. The molecule has 1 amide bonds. The van der Waals surface area contributed by atoms with Crippen molar-refractivity contribution in [2.75, 3.05) is 13.2 Å². The summed E-state index contributed by atoms with van der Waals surface area (Å²) in [6.45, 7) is 1.03. The molecule has 5 nitrogen and oxygen atoms in total. The van der Waals surface area contributed by atoms with Crippen LogP contribution in [-0.4, -0.2) is 25.2 Å². The van der Waals surface area contributed by atoms with Gasteiger partial charge in [0.25, 0.3) is 5.91 Å². The van der Waals surface area contributed by atoms with E-state index in [1.54, 1.807) is 24.3 Å². The molecule has 1 aliphatic heterocycles. The average Bonchev–Trinajstić information content (AvgIpc) is 3.25. The summed E-state index contributed by atoms with van der Waals surface area (Å²) in [7, 11) is 0. The number of carbonyl (C=O) groups excluding carboxylic acids is 1. The fourth-order valence-electron chi connectivity index (χ4n) is 3.30. The van der Waals surface area contributed by atoms with Gasteiger partial charge in [-0.25, -0.2) is 4.99 Å². The summed E-state index contributed by atoms with van der Waals surface area (Å²) in [6.07, 6.45) is -2.65. The first kappa shape index (κ1) is 21.6. The van der Waals surface area contributed by atoms with Crippen molar-refractivity contribution in [3.8, 4) is 0 Å². The van der Waals surface area contributed by atoms with Crippen LogP contribution in [0.25, 0.3) is 11.0 Å². The summed E-state index contributed by atoms with van der Waals surface area (Å²) in [6, 6.07) is 11.3. The number of halogens is 4. The highest BCUT2D eigenvalue weighted by Crippen LogP contribution is 2.30. The van der Waals surface area contributed by atoms with Gasteiger partial charge in [-0.1, -0.05) is 15.9 Å². The monoisotopic (exact) mass is 494 g/mol. The molecule has 1 saturated heterocycles. The molecular weight excluding hydrogens is 477 g/mol. The topological polar surface area (TPSA) is 63.8 Å². The Labute approximate surface area is 184 Å². The Bertz CT molecular complexity index is 1170. The summed E-state index contributed by atoms with van der Waals surface area (Å²) in [5.74, 6) is -0.396. The van der Waals surface area contributed by atoms with E-state index in [2.05, 4.69) is 26.2 Å². The number of rotatable bonds is 4. The molecule has 0 spiro atoms. The Morgan fingerprint density at radius 2 is 1.94 bits per heavy atom. The third-order valence-electron chi connectivity index (χ3n) is 4.89. The Morgan fingerprint density at radius 3 is 2.61 bits per heavy atom. The molecule has 0 saturated carbocycles. The second-order valence-electron chi connectivity index (χ2n) is 7.15. The van der Waals surface area contributed by atoms with Crippen LogP contribution >= 0.6 is 15.9 Å². The maximum Gasteiger partial charge on any atom is 0.416 e. The van der Waals surface area contributed by atoms with Gasteiger partial charge in [0.05, 0.1) is 17.4 Å². The molecular formula is C22H18BrF3N2O3. The second kappa shape index (κ2) is 8.84. The van der Waals surface area contributed by atoms with Gasteiger partial charge in [0.15, 0.2) is 0 Å². The first-order chi connectivity index (χ1) is 14.8. The van der Waals surface area contributed by atoms with Crippen molar-refractivity contribution in [3.05, 3.63) is 69.7 Å². The van der Waals surface area contributed by atoms with Crippen LogP contribution in [0, 0.1) is 0 Å². The van der Waals surface area contributed by atoms with Crippen LogP contribution < -0.4 is 10.9 Å². The number of amides is 1. The van der Waals surface area contributed by atoms with Gasteiger partial charge in [0, 0.05) is 23.0 Å². The van der Waals surface area contributed by atoms with Crippen molar-refractivity contribution in [1.82, 2.24) is 5.32 Å². The molecule has 1 N–H and O–H groups in total. The normalized spacial score (nSPS) is 17.3. The van der Waals surface area contributed by atoms with Gasteiger partial charge in [0.2, 0.25) is 5.55 Å². The van der Waals surface area contributed by atoms with Crippen LogP contribution in [0.15, 0.2) is 62.4 Å². The smallest absolute Gasteiger partial charge is 0.416 e. The molecule has 2 heterocycles. The maximum atomic E-state index is 12.9. The number of fused-ring (bicyclic) bond motifs is 1. The van der Waals surface area contributed by atoms with E-state index in [1.807, 2.05) is 0 Å². The highest BCUT2D eigenvalue weighted by Gasteiger charge is 2.30. The lowest BCUT2D eigenvalue weighted by Gasteiger charge is -2.11. The lowest BCUT2D eigenvalue weighted by molar-refractivity contribution is -0.137. The number of carbonyl (C=O) groups is 1. The number of nitrogens with zero attached hydrogens (tertiary/aromatic N) is 1. The minimum absolute atomic E-state index is 0.0134. The summed E-state index contributed by atoms with van der Waals surface area (Å²) in [5, 5.41) is 3.51. The first-order valence-electron chi connectivity index (χ1n) is 9.65. The summed E-state index contributed by atoms with van der Waals surface area (Å²) >= 11 is 3.39. The van der Waals surface area contributed by atoms with E-state index in [0.29, 0.717) is 24.1 Å². The van der Waals surface area contributed by atoms with Gasteiger partial charge in [-0.15, -0.1) is 0 Å². The molecule has 1 aliphatic rings. The maximum absolute atomic E-state index is 12.9. The van der Waals surface area contributed by atoms with Crippen molar-refractivity contribution >= 4 is 38.5 Å². The molecule has 0 radical (unpaired) electrons. The van der Waals surface area contributed by atoms with Crippen LogP contribution in [0.1, 0.15) is 28.8 Å². The zero-order chi connectivity index (χ0) is 22.0. The largest absolute Gasteiger partial charge is 0.438 e. The van der Waals surface area contributed by atoms with Gasteiger partial charge in [0.1, 0.15) is 11.1 Å². The van der Waals surface area contributed by atoms with Gasteiger partial charge in [-0.2, -0.15) is 13.2 Å². The first-order valence-corrected chi connectivity index (χ1v) is 10.4. The molecule has 0 bridgehead atoms. The number of hydrogen-bond donors (Lipinski definition) is 1. The molecule has 2 aromatic carbocycles. The van der Waals surface area contributed by atoms with E-state index >= 15 is 0 Å². The Balaban J connectivity index is 1.73. The quantitative estimate of drug-likeness (QED) is 0.531. The predicted molar refractivity (Wildman–Crippen MR) is 112 cm³/mol. The Hall–Kier alpha value is -2.65. The number of ether oxygens (including phenoxy) is 1. The molecule has 1 atom stereocenters. The standard InChI is InChI=1S/C22H18BrF3N2O3/c23-15-5-8-19-13(10-15)11-18(20(29)27-12-17-2-1-9-30-17)21(31-19)28-16-6-3-14(4-7-16)22(24,25)26/h3-8,10-11,17H,1-2,9,12H2,(H,27,29)/t17-/m1/s1. The second-order valence-corrected chi connectivity index (χ2v) is 8.06. The van der Waals surface area contributed by atoms with Gasteiger partial charge < -0.3 is 14.5 Å². The molecule has 4 rings (SSSR count). The minimum Gasteiger partial charge on any atom is -0.438 e. The van der Waals surface area contributed by atoms with E-state index in [9.17, 15) is 18.0 Å². The van der Waals surface area contributed by atoms with E-state index in [0.717, 1.165) is 29.4 Å². The number of nitrogens with one attached hydrogen (secondary N) is 1. The van der Waals surface area contributed by atoms with E-state index in [1.165, 1.54) is 12.1 Å². The fraction of sp³-hybridized carbons (Fsp3) is 0.273. The minimum atomic E-state index is -4.44. The molecule has 1 aromatic heterocycles. The third-order valence-corrected chi connectivity index (χ3v) is 5.39. The summed E-state index contributed by atoms with van der Waals surface area (Å²) in [4.78, 5) is 17.2. The number of alkyl halides is 3. The van der Waals surface area contributed by atoms with Crippen molar-refractivity contribution < 1.29 is 27.1 Å². The third kappa shape index (κ3) is 5.16. The summed E-state index contributed by atoms with van der Waals surface area (Å²) in [5.41, 5.74) is 0.148. The fourth-order valence-corrected chi connectivity index (χ4v) is 3.68. The Morgan fingerprint density at radius 1 is 1.16 bits per heavy atom. The molecule has 1 fully saturated rings. The molecule has 31 heavy (non-hydrogen) atoms. The van der Waals surface area contributed by atoms with Crippen molar-refractivity contribution in [2.24, 2.45) is 4.99 Å². The van der Waals surface area contributed by atoms with E-state index < -0.39 is 17.6 Å². The predicted octanol–water partition coefficient (Wildman–Crippen LogP) is 5.36. The Kier molecular flexibility index (Phi) is 6.15. The summed E-state index contributed by atoms with van der Waals surface area (Å²) < 4.78 is 50.6. The zero-order valence-corrected chi connectivity index (χ0v) is 17.8. The van der Waals surface area contributed by atoms with Crippen molar-refractivity contribution in [3.63, 3.8) is 0 Å². The highest BCUT2D eigenvalue weighted by molar-refractivity contribution is 9.10.